The van der Waals surface area contributed by atoms with Crippen molar-refractivity contribution in [2.75, 3.05) is 6.54 Å². The van der Waals surface area contributed by atoms with Gasteiger partial charge in [-0.1, -0.05) is 48.5 Å². The SMILES string of the molecule is CC(C)=NNC(=O)CN(Cc1ccccc1)S(=O)(=O)c1ccccc1. The van der Waals surface area contributed by atoms with Crippen molar-refractivity contribution < 1.29 is 13.2 Å². The topological polar surface area (TPSA) is 78.8 Å². The predicted octanol–water partition coefficient (Wildman–Crippen LogP) is 2.39. The first-order chi connectivity index (χ1) is 11.9. The van der Waals surface area contributed by atoms with E-state index in [1.165, 1.54) is 12.1 Å². The second kappa shape index (κ2) is 8.55. The molecule has 25 heavy (non-hydrogen) atoms. The van der Waals surface area contributed by atoms with Crippen LogP contribution in [0, 0.1) is 0 Å². The van der Waals surface area contributed by atoms with Crippen molar-refractivity contribution in [2.45, 2.75) is 25.3 Å². The van der Waals surface area contributed by atoms with Gasteiger partial charge in [0.25, 0.3) is 5.91 Å². The Kier molecular flexibility index (Phi) is 6.44. The average Bonchev–Trinajstić information content (AvgIpc) is 2.61. The summed E-state index contributed by atoms with van der Waals surface area (Å²) in [6.07, 6.45) is 0. The fourth-order valence-electron chi connectivity index (χ4n) is 2.12. The molecule has 0 aliphatic carbocycles. The number of hydrazone groups is 1. The second-order valence-corrected chi connectivity index (χ2v) is 7.60. The van der Waals surface area contributed by atoms with E-state index < -0.39 is 15.9 Å². The minimum atomic E-state index is -3.81. The highest BCUT2D eigenvalue weighted by Crippen LogP contribution is 2.18. The number of nitrogens with zero attached hydrogens (tertiary/aromatic N) is 2. The third-order valence-corrected chi connectivity index (χ3v) is 5.11. The molecule has 2 aromatic rings. The lowest BCUT2D eigenvalue weighted by atomic mass is 10.2. The van der Waals surface area contributed by atoms with E-state index in [-0.39, 0.29) is 18.0 Å². The first kappa shape index (κ1) is 18.8. The van der Waals surface area contributed by atoms with Crippen molar-refractivity contribution in [3.63, 3.8) is 0 Å². The van der Waals surface area contributed by atoms with Gasteiger partial charge in [0.2, 0.25) is 10.0 Å². The Morgan fingerprint density at radius 2 is 1.56 bits per heavy atom. The fourth-order valence-corrected chi connectivity index (χ4v) is 3.53. The Labute approximate surface area is 148 Å². The van der Waals surface area contributed by atoms with Gasteiger partial charge >= 0.3 is 0 Å². The van der Waals surface area contributed by atoms with E-state index in [0.29, 0.717) is 5.71 Å². The van der Waals surface area contributed by atoms with Gasteiger partial charge in [0.1, 0.15) is 0 Å². The van der Waals surface area contributed by atoms with E-state index in [1.54, 1.807) is 32.0 Å². The minimum absolute atomic E-state index is 0.0975. The van der Waals surface area contributed by atoms with E-state index in [9.17, 15) is 13.2 Å². The van der Waals surface area contributed by atoms with Gasteiger partial charge in [0.15, 0.2) is 0 Å². The van der Waals surface area contributed by atoms with Crippen molar-refractivity contribution in [3.05, 3.63) is 66.2 Å². The molecule has 0 aliphatic heterocycles. The van der Waals surface area contributed by atoms with Gasteiger partial charge in [-0.2, -0.15) is 9.41 Å². The molecule has 0 unspecified atom stereocenters. The van der Waals surface area contributed by atoms with Gasteiger partial charge in [-0.3, -0.25) is 4.79 Å². The number of carbonyl (C=O) groups is 1. The molecule has 1 N–H and O–H groups in total. The number of hydrogen-bond acceptors (Lipinski definition) is 4. The Balaban J connectivity index is 2.28. The quantitative estimate of drug-likeness (QED) is 0.609. The fraction of sp³-hybridized carbons (Fsp3) is 0.222. The third kappa shape index (κ3) is 5.51. The van der Waals surface area contributed by atoms with Gasteiger partial charge < -0.3 is 0 Å². The molecule has 2 aromatic carbocycles. The van der Waals surface area contributed by atoms with Crippen LogP contribution in [0.3, 0.4) is 0 Å². The standard InChI is InChI=1S/C18H21N3O3S/c1-15(2)19-20-18(22)14-21(13-16-9-5-3-6-10-16)25(23,24)17-11-7-4-8-12-17/h3-12H,13-14H2,1-2H3,(H,20,22). The Morgan fingerprint density at radius 1 is 1.00 bits per heavy atom. The maximum atomic E-state index is 12.9. The lowest BCUT2D eigenvalue weighted by Gasteiger charge is -2.21. The Hall–Kier alpha value is -2.51. The van der Waals surface area contributed by atoms with E-state index >= 15 is 0 Å². The van der Waals surface area contributed by atoms with Crippen molar-refractivity contribution in [1.82, 2.24) is 9.73 Å². The van der Waals surface area contributed by atoms with Crippen molar-refractivity contribution in [2.24, 2.45) is 5.10 Å². The summed E-state index contributed by atoms with van der Waals surface area (Å²) in [7, 11) is -3.81. The first-order valence-corrected chi connectivity index (χ1v) is 9.22. The number of amides is 1. The zero-order valence-electron chi connectivity index (χ0n) is 14.2. The molecule has 0 heterocycles. The molecule has 2 rings (SSSR count). The number of hydrogen-bond donors (Lipinski definition) is 1. The summed E-state index contributed by atoms with van der Waals surface area (Å²) in [5.41, 5.74) is 3.84. The molecule has 6 nitrogen and oxygen atoms in total. The zero-order chi connectivity index (χ0) is 18.3. The lowest BCUT2D eigenvalue weighted by Crippen LogP contribution is -2.39. The van der Waals surface area contributed by atoms with Crippen LogP contribution >= 0.6 is 0 Å². The molecule has 0 aliphatic rings. The molecule has 0 radical (unpaired) electrons. The maximum Gasteiger partial charge on any atom is 0.255 e. The van der Waals surface area contributed by atoms with E-state index in [4.69, 9.17) is 0 Å². The first-order valence-electron chi connectivity index (χ1n) is 7.78. The maximum absolute atomic E-state index is 12.9. The van der Waals surface area contributed by atoms with Crippen molar-refractivity contribution >= 4 is 21.6 Å². The highest BCUT2D eigenvalue weighted by Gasteiger charge is 2.26. The number of sulfonamides is 1. The molecular formula is C18H21N3O3S. The molecule has 0 bridgehead atoms. The monoisotopic (exact) mass is 359 g/mol. The molecule has 1 amide bonds. The summed E-state index contributed by atoms with van der Waals surface area (Å²) in [6.45, 7) is 3.26. The average molecular weight is 359 g/mol. The normalized spacial score (nSPS) is 11.2. The molecule has 0 atom stereocenters. The van der Waals surface area contributed by atoms with Crippen molar-refractivity contribution in [1.29, 1.82) is 0 Å². The number of nitrogens with one attached hydrogen (secondary N) is 1. The van der Waals surface area contributed by atoms with Crippen LogP contribution in [0.2, 0.25) is 0 Å². The summed E-state index contributed by atoms with van der Waals surface area (Å²) in [5, 5.41) is 3.84. The molecule has 0 spiro atoms. The van der Waals surface area contributed by atoms with Gasteiger partial charge in [0, 0.05) is 12.3 Å². The van der Waals surface area contributed by atoms with Crippen LogP contribution in [-0.4, -0.2) is 30.9 Å². The van der Waals surface area contributed by atoms with Crippen LogP contribution in [-0.2, 0) is 21.4 Å². The van der Waals surface area contributed by atoms with Gasteiger partial charge in [-0.25, -0.2) is 13.8 Å². The van der Waals surface area contributed by atoms with E-state index in [1.807, 2.05) is 30.3 Å². The van der Waals surface area contributed by atoms with E-state index in [2.05, 4.69) is 10.5 Å². The molecule has 7 heteroatoms. The number of carbonyl (C=O) groups excluding carboxylic acids is 1. The number of rotatable bonds is 7. The number of benzene rings is 2. The molecule has 0 saturated heterocycles. The van der Waals surface area contributed by atoms with Crippen LogP contribution in [0.5, 0.6) is 0 Å². The highest BCUT2D eigenvalue weighted by atomic mass is 32.2. The van der Waals surface area contributed by atoms with Crippen LogP contribution in [0.1, 0.15) is 19.4 Å². The summed E-state index contributed by atoms with van der Waals surface area (Å²) in [4.78, 5) is 12.2. The van der Waals surface area contributed by atoms with Crippen LogP contribution in [0.15, 0.2) is 70.7 Å². The summed E-state index contributed by atoms with van der Waals surface area (Å²) >= 11 is 0. The third-order valence-electron chi connectivity index (χ3n) is 3.31. The second-order valence-electron chi connectivity index (χ2n) is 5.67. The summed E-state index contributed by atoms with van der Waals surface area (Å²) in [6, 6.07) is 17.2. The Bertz CT molecular complexity index is 830. The molecule has 0 saturated carbocycles. The Morgan fingerprint density at radius 3 is 2.12 bits per heavy atom. The molecule has 132 valence electrons. The minimum Gasteiger partial charge on any atom is -0.272 e. The van der Waals surface area contributed by atoms with Crippen LogP contribution in [0.25, 0.3) is 0 Å². The van der Waals surface area contributed by atoms with Crippen LogP contribution < -0.4 is 5.43 Å². The van der Waals surface area contributed by atoms with E-state index in [0.717, 1.165) is 9.87 Å². The van der Waals surface area contributed by atoms with Gasteiger partial charge in [-0.05, 0) is 31.5 Å². The predicted molar refractivity (Wildman–Crippen MR) is 97.4 cm³/mol. The molecule has 0 fully saturated rings. The van der Waals surface area contributed by atoms with Gasteiger partial charge in [0.05, 0.1) is 11.4 Å². The smallest absolute Gasteiger partial charge is 0.255 e. The zero-order valence-corrected chi connectivity index (χ0v) is 15.0. The van der Waals surface area contributed by atoms with Gasteiger partial charge in [-0.15, -0.1) is 0 Å². The highest BCUT2D eigenvalue weighted by molar-refractivity contribution is 7.89. The molecule has 0 aromatic heterocycles. The largest absolute Gasteiger partial charge is 0.272 e. The summed E-state index contributed by atoms with van der Waals surface area (Å²) in [5.74, 6) is -0.489. The van der Waals surface area contributed by atoms with Crippen molar-refractivity contribution in [3.8, 4) is 0 Å². The molecular weight excluding hydrogens is 338 g/mol. The summed E-state index contributed by atoms with van der Waals surface area (Å²) < 4.78 is 27.0. The lowest BCUT2D eigenvalue weighted by molar-refractivity contribution is -0.121. The van der Waals surface area contributed by atoms with Crippen LogP contribution in [0.4, 0.5) is 0 Å².